The van der Waals surface area contributed by atoms with Gasteiger partial charge in [-0.2, -0.15) is 0 Å². The predicted molar refractivity (Wildman–Crippen MR) is 216 cm³/mol. The second kappa shape index (κ2) is 18.9. The normalized spacial score (nSPS) is 33.9. The zero-order chi connectivity index (χ0) is 43.9. The molecule has 1 radical (unpaired) electrons. The van der Waals surface area contributed by atoms with Crippen molar-refractivity contribution in [2.24, 2.45) is 50.2 Å². The molecule has 0 bridgehead atoms. The molecule has 60 heavy (non-hydrogen) atoms. The molecule has 0 heterocycles. The molecular formula is C44H69GdN3O12+3. The maximum Gasteiger partial charge on any atom is 3.00 e. The first-order valence-corrected chi connectivity index (χ1v) is 21.5. The van der Waals surface area contributed by atoms with Crippen molar-refractivity contribution in [1.29, 1.82) is 0 Å². The van der Waals surface area contributed by atoms with Gasteiger partial charge in [0.15, 0.2) is 0 Å². The summed E-state index contributed by atoms with van der Waals surface area (Å²) in [5, 5.41) is 48.3. The number of carbonyl (C=O) groups is 6. The van der Waals surface area contributed by atoms with E-state index in [1.165, 1.54) is 15.4 Å². The van der Waals surface area contributed by atoms with E-state index in [9.17, 15) is 54.3 Å². The molecule has 16 heteroatoms. The van der Waals surface area contributed by atoms with Crippen LogP contribution in [0.4, 0.5) is 0 Å². The van der Waals surface area contributed by atoms with Crippen LogP contribution < -0.4 is 0 Å². The Morgan fingerprint density at radius 2 is 1.13 bits per heavy atom. The van der Waals surface area contributed by atoms with Gasteiger partial charge < -0.3 is 30.3 Å². The Hall–Kier alpha value is -2.24. The third kappa shape index (κ3) is 10.1. The first-order valence-electron chi connectivity index (χ1n) is 21.5. The van der Waals surface area contributed by atoms with Crippen LogP contribution in [-0.2, 0) is 33.5 Å². The number of aliphatic carboxylic acids is 5. The van der Waals surface area contributed by atoms with Crippen molar-refractivity contribution in [1.82, 2.24) is 14.7 Å². The monoisotopic (exact) mass is 989 g/mol. The molecule has 0 amide bonds. The van der Waals surface area contributed by atoms with Gasteiger partial charge in [-0.3, -0.25) is 43.5 Å². The number of ether oxygens (including phenoxy) is 1. The fourth-order valence-electron chi connectivity index (χ4n) is 13.2. The second-order valence-electron chi connectivity index (χ2n) is 20.8. The van der Waals surface area contributed by atoms with Crippen molar-refractivity contribution in [2.45, 2.75) is 119 Å². The summed E-state index contributed by atoms with van der Waals surface area (Å²) in [5.74, 6) is -5.35. The standard InChI is InChI=1S/C44H69N3O12.Gd/c1-39(2)14-16-44(38(57)58)17-15-42(6)28(29(44)22-39)8-9-31-41(5)12-11-32(40(3,4)30(41)10-13-43(31,42)7)59-37(56)27-47(26-36(54)55)21-19-45(23-33(48)49)18-20-46(24-34(50)51)25-35(52)53;/h8,29-32H,9-27H2,1-7H3,(H,48,49)(H,50,51)(H,52,53)(H,54,55)(H,57,58);/q;+3/t29-,30-,31+,32-,41-,42+,43+,44-;/m0./s1. The molecule has 5 aliphatic carbocycles. The summed E-state index contributed by atoms with van der Waals surface area (Å²) < 4.78 is 6.25. The van der Waals surface area contributed by atoms with Gasteiger partial charge in [0.2, 0.25) is 0 Å². The number of fused-ring (bicyclic) bond motifs is 7. The van der Waals surface area contributed by atoms with Crippen molar-refractivity contribution in [3.05, 3.63) is 11.6 Å². The third-order valence-corrected chi connectivity index (χ3v) is 16.5. The average molecular weight is 989 g/mol. The van der Waals surface area contributed by atoms with Gasteiger partial charge in [0.1, 0.15) is 6.10 Å². The number of hydrogen-bond acceptors (Lipinski definition) is 10. The topological polar surface area (TPSA) is 223 Å². The van der Waals surface area contributed by atoms with E-state index in [1.54, 1.807) is 0 Å². The van der Waals surface area contributed by atoms with E-state index in [0.717, 1.165) is 56.3 Å². The number of carboxylic acids is 5. The average Bonchev–Trinajstić information content (AvgIpc) is 3.09. The molecule has 0 aromatic carbocycles. The van der Waals surface area contributed by atoms with Crippen LogP contribution in [0.25, 0.3) is 0 Å². The Kier molecular flexibility index (Phi) is 15.8. The molecule has 0 spiro atoms. The molecule has 0 unspecified atom stereocenters. The summed E-state index contributed by atoms with van der Waals surface area (Å²) in [7, 11) is 0. The molecule has 4 fully saturated rings. The van der Waals surface area contributed by atoms with Gasteiger partial charge in [0.05, 0.1) is 38.1 Å². The van der Waals surface area contributed by atoms with Crippen LogP contribution in [0.2, 0.25) is 0 Å². The van der Waals surface area contributed by atoms with Crippen LogP contribution in [0.15, 0.2) is 11.6 Å². The molecule has 5 rings (SSSR count). The number of rotatable bonds is 18. The quantitative estimate of drug-likeness (QED) is 0.0898. The summed E-state index contributed by atoms with van der Waals surface area (Å²) in [5.41, 5.74) is 0.209. The van der Waals surface area contributed by atoms with Gasteiger partial charge in [-0.05, 0) is 104 Å². The molecule has 4 saturated carbocycles. The maximum atomic E-state index is 13.7. The summed E-state index contributed by atoms with van der Waals surface area (Å²) in [4.78, 5) is 76.7. The molecule has 5 N–H and O–H groups in total. The van der Waals surface area contributed by atoms with Crippen LogP contribution in [0.1, 0.15) is 113 Å². The smallest absolute Gasteiger partial charge is 0.481 e. The number of carboxylic acid groups (broad SMARTS) is 5. The Bertz CT molecular complexity index is 1690. The van der Waals surface area contributed by atoms with E-state index in [0.29, 0.717) is 18.8 Å². The van der Waals surface area contributed by atoms with E-state index in [2.05, 4.69) is 54.5 Å². The van der Waals surface area contributed by atoms with E-state index in [1.807, 2.05) is 0 Å². The predicted octanol–water partition coefficient (Wildman–Crippen LogP) is 5.03. The van der Waals surface area contributed by atoms with Crippen molar-refractivity contribution in [3.63, 3.8) is 0 Å². The van der Waals surface area contributed by atoms with Crippen LogP contribution in [0.5, 0.6) is 0 Å². The van der Waals surface area contributed by atoms with Gasteiger partial charge in [0.25, 0.3) is 0 Å². The molecule has 0 aromatic rings. The summed E-state index contributed by atoms with van der Waals surface area (Å²) in [6.07, 6.45) is 10.5. The van der Waals surface area contributed by atoms with Crippen molar-refractivity contribution in [3.8, 4) is 0 Å². The van der Waals surface area contributed by atoms with Crippen molar-refractivity contribution < 1.29 is 99.0 Å². The minimum atomic E-state index is -1.23. The Morgan fingerprint density at radius 1 is 0.633 bits per heavy atom. The molecule has 15 nitrogen and oxygen atoms in total. The minimum absolute atomic E-state index is 0. The number of hydrogen-bond donors (Lipinski definition) is 5. The number of carbonyl (C=O) groups excluding carboxylic acids is 1. The first-order chi connectivity index (χ1) is 27.3. The van der Waals surface area contributed by atoms with E-state index in [-0.39, 0.29) is 112 Å². The molecule has 0 saturated heterocycles. The number of nitrogens with zero attached hydrogens (tertiary/aromatic N) is 3. The fraction of sp³-hybridized carbons (Fsp3) is 0.818. The molecule has 8 atom stereocenters. The van der Waals surface area contributed by atoms with Crippen molar-refractivity contribution in [2.75, 3.05) is 58.9 Å². The Balaban J connectivity index is 0.00000794. The molecule has 0 aromatic heterocycles. The van der Waals surface area contributed by atoms with Gasteiger partial charge >= 0.3 is 75.8 Å². The van der Waals surface area contributed by atoms with Gasteiger partial charge in [-0.25, -0.2) is 0 Å². The van der Waals surface area contributed by atoms with Gasteiger partial charge in [-0.1, -0.05) is 60.1 Å². The van der Waals surface area contributed by atoms with E-state index in [4.69, 9.17) is 4.74 Å². The van der Waals surface area contributed by atoms with Crippen LogP contribution in [0.3, 0.4) is 0 Å². The molecule has 337 valence electrons. The molecule has 5 aliphatic rings. The zero-order valence-corrected chi connectivity index (χ0v) is 38.9. The van der Waals surface area contributed by atoms with Crippen molar-refractivity contribution >= 4 is 35.8 Å². The van der Waals surface area contributed by atoms with Gasteiger partial charge in [0, 0.05) is 31.6 Å². The fourth-order valence-corrected chi connectivity index (χ4v) is 13.2. The molecule has 0 aliphatic heterocycles. The number of esters is 1. The summed E-state index contributed by atoms with van der Waals surface area (Å²) in [6, 6.07) is 0. The Labute approximate surface area is 386 Å². The third-order valence-electron chi connectivity index (χ3n) is 16.5. The largest absolute Gasteiger partial charge is 3.00 e. The van der Waals surface area contributed by atoms with E-state index >= 15 is 0 Å². The van der Waals surface area contributed by atoms with Crippen LogP contribution in [-0.4, -0.2) is 141 Å². The zero-order valence-electron chi connectivity index (χ0n) is 36.6. The van der Waals surface area contributed by atoms with Crippen LogP contribution in [0, 0.1) is 90.2 Å². The second-order valence-corrected chi connectivity index (χ2v) is 20.8. The Morgan fingerprint density at radius 3 is 1.67 bits per heavy atom. The van der Waals surface area contributed by atoms with E-state index < -0.39 is 73.5 Å². The molecular weight excluding hydrogens is 920 g/mol. The SMILES string of the molecule is CC1(C)CC[C@]2(C(=O)O)CC[C@]3(C)C(=CC[C@@H]4[C@@]5(C)CC[C@H](OC(=O)CN(CCN(CCN(CC(=O)O)CC(=O)O)CC(=O)O)CC(=O)O)C(C)(C)[C@@H]5CC[C@]43C)[C@@H]2C1.[Gd+3]. The first kappa shape index (κ1) is 50.4. The summed E-state index contributed by atoms with van der Waals surface area (Å²) >= 11 is 0. The maximum absolute atomic E-state index is 13.7. The van der Waals surface area contributed by atoms with Gasteiger partial charge in [-0.15, -0.1) is 0 Å². The summed E-state index contributed by atoms with van der Waals surface area (Å²) in [6.45, 7) is 13.9. The number of allylic oxidation sites excluding steroid dienone is 2. The van der Waals surface area contributed by atoms with Crippen LogP contribution >= 0.6 is 0 Å². The minimum Gasteiger partial charge on any atom is -0.481 e.